The van der Waals surface area contributed by atoms with E-state index in [0.29, 0.717) is 0 Å². The first-order chi connectivity index (χ1) is 3.79. The average Bonchev–Trinajstić information content (AvgIpc) is 1.64. The molecular weight excluding hydrogens is 115 g/mol. The Kier molecular flexibility index (Phi) is 1.65. The standard InChI is InChI=1S/C7H9P/c1-6-4-3-5-7(2)8-6/h3-5H,1-2H3. The van der Waals surface area contributed by atoms with E-state index >= 15 is 0 Å². The molecule has 1 heteroatoms. The van der Waals surface area contributed by atoms with Gasteiger partial charge in [0.15, 0.2) is 0 Å². The van der Waals surface area contributed by atoms with Gasteiger partial charge in [0.25, 0.3) is 0 Å². The minimum Gasteiger partial charge on any atom is -0.0700 e. The molecule has 0 aliphatic rings. The Bertz CT molecular complexity index is 164. The van der Waals surface area contributed by atoms with Crippen molar-refractivity contribution in [2.75, 3.05) is 0 Å². The van der Waals surface area contributed by atoms with Crippen molar-refractivity contribution in [3.63, 3.8) is 0 Å². The van der Waals surface area contributed by atoms with Crippen molar-refractivity contribution in [3.05, 3.63) is 28.8 Å². The predicted octanol–water partition coefficient (Wildman–Crippen LogP) is 2.88. The van der Waals surface area contributed by atoms with Gasteiger partial charge in [0.1, 0.15) is 0 Å². The van der Waals surface area contributed by atoms with Crippen LogP contribution in [0.4, 0.5) is 0 Å². The van der Waals surface area contributed by atoms with Crippen LogP contribution < -0.4 is 0 Å². The van der Waals surface area contributed by atoms with Gasteiger partial charge in [0.2, 0.25) is 0 Å². The van der Waals surface area contributed by atoms with E-state index < -0.39 is 0 Å². The van der Waals surface area contributed by atoms with Crippen molar-refractivity contribution in [3.8, 4) is 0 Å². The van der Waals surface area contributed by atoms with Crippen LogP contribution in [0, 0.1) is 13.8 Å². The summed E-state index contributed by atoms with van der Waals surface area (Å²) in [7, 11) is 1.39. The molecule has 0 aliphatic carbocycles. The Hall–Kier alpha value is -0.350. The highest BCUT2D eigenvalue weighted by atomic mass is 31.0. The minimum absolute atomic E-state index is 1.39. The number of hydrogen-bond acceptors (Lipinski definition) is 0. The van der Waals surface area contributed by atoms with Crippen LogP contribution in [0.3, 0.4) is 0 Å². The Morgan fingerprint density at radius 3 is 1.88 bits per heavy atom. The third-order valence-corrected chi connectivity index (χ3v) is 2.03. The zero-order valence-electron chi connectivity index (χ0n) is 5.18. The molecule has 0 nitrogen and oxygen atoms in total. The molecule has 0 radical (unpaired) electrons. The molecule has 0 atom stereocenters. The second kappa shape index (κ2) is 2.28. The van der Waals surface area contributed by atoms with E-state index in [1.54, 1.807) is 0 Å². The van der Waals surface area contributed by atoms with Crippen LogP contribution in [0.1, 0.15) is 10.6 Å². The van der Waals surface area contributed by atoms with E-state index in [4.69, 9.17) is 0 Å². The molecule has 0 amide bonds. The Labute approximate surface area is 51.7 Å². The van der Waals surface area contributed by atoms with Gasteiger partial charge in [-0.1, -0.05) is 26.4 Å². The highest BCUT2D eigenvalue weighted by molar-refractivity contribution is 7.31. The van der Waals surface area contributed by atoms with E-state index in [-0.39, 0.29) is 0 Å². The van der Waals surface area contributed by atoms with Crippen molar-refractivity contribution in [1.29, 1.82) is 0 Å². The van der Waals surface area contributed by atoms with Gasteiger partial charge in [-0.05, 0) is 24.4 Å². The largest absolute Gasteiger partial charge is 0.0700 e. The van der Waals surface area contributed by atoms with Gasteiger partial charge in [-0.25, -0.2) is 0 Å². The molecule has 0 aromatic carbocycles. The lowest BCUT2D eigenvalue weighted by Gasteiger charge is -1.89. The molecule has 1 aromatic heterocycles. The predicted molar refractivity (Wildman–Crippen MR) is 38.4 cm³/mol. The SMILES string of the molecule is Cc1cccc(C)p1. The molecule has 1 aromatic rings. The summed E-state index contributed by atoms with van der Waals surface area (Å²) in [5.41, 5.74) is 0. The van der Waals surface area contributed by atoms with E-state index in [2.05, 4.69) is 32.0 Å². The minimum atomic E-state index is 1.39. The maximum atomic E-state index is 2.15. The van der Waals surface area contributed by atoms with Crippen molar-refractivity contribution in [2.24, 2.45) is 0 Å². The molecule has 1 heterocycles. The van der Waals surface area contributed by atoms with Gasteiger partial charge in [-0.3, -0.25) is 0 Å². The van der Waals surface area contributed by atoms with Gasteiger partial charge in [-0.15, -0.1) is 0 Å². The van der Waals surface area contributed by atoms with Crippen LogP contribution in [-0.4, -0.2) is 0 Å². The third kappa shape index (κ3) is 1.31. The molecule has 0 bridgehead atoms. The summed E-state index contributed by atoms with van der Waals surface area (Å²) in [6.45, 7) is 4.29. The molecular formula is C7H9P. The quantitative estimate of drug-likeness (QED) is 0.498. The van der Waals surface area contributed by atoms with E-state index in [1.807, 2.05) is 0 Å². The lowest BCUT2D eigenvalue weighted by molar-refractivity contribution is 1.55. The van der Waals surface area contributed by atoms with Crippen LogP contribution in [0.5, 0.6) is 0 Å². The second-order valence-electron chi connectivity index (χ2n) is 1.92. The molecule has 0 N–H and O–H groups in total. The molecule has 8 heavy (non-hydrogen) atoms. The Balaban J connectivity index is 3.08. The second-order valence-corrected chi connectivity index (χ2v) is 3.55. The van der Waals surface area contributed by atoms with Gasteiger partial charge in [0, 0.05) is 0 Å². The average molecular weight is 124 g/mol. The normalized spacial score (nSPS) is 9.25. The molecule has 1 rings (SSSR count). The van der Waals surface area contributed by atoms with Crippen LogP contribution in [0.2, 0.25) is 0 Å². The number of rotatable bonds is 0. The number of hydrogen-bond donors (Lipinski definition) is 0. The van der Waals surface area contributed by atoms with E-state index in [9.17, 15) is 0 Å². The maximum Gasteiger partial charge on any atom is -0.0235 e. The van der Waals surface area contributed by atoms with Gasteiger partial charge < -0.3 is 0 Å². The molecule has 0 saturated carbocycles. The first-order valence-corrected chi connectivity index (χ1v) is 3.59. The summed E-state index contributed by atoms with van der Waals surface area (Å²) in [6, 6.07) is 6.39. The monoisotopic (exact) mass is 124 g/mol. The third-order valence-electron chi connectivity index (χ3n) is 1.03. The van der Waals surface area contributed by atoms with Crippen LogP contribution >= 0.6 is 8.19 Å². The molecule has 0 aliphatic heterocycles. The summed E-state index contributed by atoms with van der Waals surface area (Å²) in [6.07, 6.45) is 0. The summed E-state index contributed by atoms with van der Waals surface area (Å²) in [4.78, 5) is 0. The Morgan fingerprint density at radius 1 is 1.12 bits per heavy atom. The molecule has 0 spiro atoms. The summed E-state index contributed by atoms with van der Waals surface area (Å²) in [5, 5.41) is 2.87. The van der Waals surface area contributed by atoms with Crippen molar-refractivity contribution in [2.45, 2.75) is 13.8 Å². The van der Waals surface area contributed by atoms with E-state index in [1.165, 1.54) is 18.8 Å². The topological polar surface area (TPSA) is 0 Å². The first-order valence-electron chi connectivity index (χ1n) is 2.69. The highest BCUT2D eigenvalue weighted by Crippen LogP contribution is 2.16. The van der Waals surface area contributed by atoms with Crippen LogP contribution in [0.25, 0.3) is 0 Å². The lowest BCUT2D eigenvalue weighted by atomic mass is 10.4. The Morgan fingerprint density at radius 2 is 1.62 bits per heavy atom. The molecule has 42 valence electrons. The summed E-state index contributed by atoms with van der Waals surface area (Å²) in [5.74, 6) is 0. The fourth-order valence-electron chi connectivity index (χ4n) is 0.679. The first kappa shape index (κ1) is 5.78. The zero-order chi connectivity index (χ0) is 5.98. The molecule has 0 fully saturated rings. The van der Waals surface area contributed by atoms with Crippen molar-refractivity contribution in [1.82, 2.24) is 0 Å². The molecule has 0 unspecified atom stereocenters. The van der Waals surface area contributed by atoms with Gasteiger partial charge in [-0.2, -0.15) is 0 Å². The van der Waals surface area contributed by atoms with Crippen LogP contribution in [-0.2, 0) is 0 Å². The van der Waals surface area contributed by atoms with Gasteiger partial charge >= 0.3 is 0 Å². The number of aryl methyl sites for hydroxylation is 2. The zero-order valence-corrected chi connectivity index (χ0v) is 6.07. The fourth-order valence-corrected chi connectivity index (χ4v) is 1.56. The molecule has 0 saturated heterocycles. The van der Waals surface area contributed by atoms with Gasteiger partial charge in [0.05, 0.1) is 0 Å². The van der Waals surface area contributed by atoms with E-state index in [0.717, 1.165) is 0 Å². The summed E-state index contributed by atoms with van der Waals surface area (Å²) >= 11 is 0. The fraction of sp³-hybridized carbons (Fsp3) is 0.286. The maximum absolute atomic E-state index is 2.15. The van der Waals surface area contributed by atoms with Crippen molar-refractivity contribution < 1.29 is 0 Å². The van der Waals surface area contributed by atoms with Crippen LogP contribution in [0.15, 0.2) is 18.2 Å². The van der Waals surface area contributed by atoms with Crippen molar-refractivity contribution >= 4 is 8.19 Å². The highest BCUT2D eigenvalue weighted by Gasteiger charge is 1.81. The summed E-state index contributed by atoms with van der Waals surface area (Å²) < 4.78 is 0. The lowest BCUT2D eigenvalue weighted by Crippen LogP contribution is -1.63. The smallest absolute Gasteiger partial charge is 0.0235 e.